The smallest absolute Gasteiger partial charge is 0.404 e. The lowest BCUT2D eigenvalue weighted by Gasteiger charge is -2.64. The molecular formula is C18H34BNO3S. The molecule has 24 heavy (non-hydrogen) atoms. The summed E-state index contributed by atoms with van der Waals surface area (Å²) in [5.41, 5.74) is 0.138. The fraction of sp³-hybridized carbons (Fsp3) is 1.00. The second-order valence-corrected chi connectivity index (χ2v) is 12.1. The van der Waals surface area contributed by atoms with Crippen LogP contribution in [0.15, 0.2) is 0 Å². The highest BCUT2D eigenvalue weighted by molar-refractivity contribution is 7.84. The van der Waals surface area contributed by atoms with Crippen molar-refractivity contribution in [3.63, 3.8) is 0 Å². The topological polar surface area (TPSA) is 47.6 Å². The van der Waals surface area contributed by atoms with Crippen molar-refractivity contribution in [2.45, 2.75) is 90.6 Å². The summed E-state index contributed by atoms with van der Waals surface area (Å²) in [7, 11) is -1.45. The predicted molar refractivity (Wildman–Crippen MR) is 99.8 cm³/mol. The molecular weight excluding hydrogens is 321 g/mol. The number of hydrogen-bond donors (Lipinski definition) is 1. The lowest BCUT2D eigenvalue weighted by Crippen LogP contribution is -2.65. The molecule has 1 N–H and O–H groups in total. The molecule has 4 nitrogen and oxygen atoms in total. The maximum atomic E-state index is 12.6. The summed E-state index contributed by atoms with van der Waals surface area (Å²) in [6.45, 7) is 17.2. The van der Waals surface area contributed by atoms with Gasteiger partial charge in [-0.2, -0.15) is 0 Å². The van der Waals surface area contributed by atoms with Crippen LogP contribution < -0.4 is 4.72 Å². The summed E-state index contributed by atoms with van der Waals surface area (Å²) in [6, 6.07) is 0. The first-order valence-corrected chi connectivity index (χ1v) is 10.5. The van der Waals surface area contributed by atoms with E-state index in [0.29, 0.717) is 11.3 Å². The normalized spacial score (nSPS) is 40.2. The van der Waals surface area contributed by atoms with Gasteiger partial charge in [-0.3, -0.25) is 0 Å². The summed E-state index contributed by atoms with van der Waals surface area (Å²) in [6.07, 6.45) is 2.51. The molecule has 2 bridgehead atoms. The first-order chi connectivity index (χ1) is 10.9. The molecule has 4 fully saturated rings. The standard InChI is InChI=1S/C18H34BNO3S/c1-11(2)15(20-24(21)16(3,4)5)19-22-14-10-12-9-13(17(12,6)7)18(14,8)23-19/h11-15,20H,9-10H2,1-8H3/t12-,13-,14+,15+,18-,24-/m0/s1. The first-order valence-electron chi connectivity index (χ1n) is 9.38. The van der Waals surface area contributed by atoms with Crippen LogP contribution in [0.25, 0.3) is 0 Å². The van der Waals surface area contributed by atoms with Crippen molar-refractivity contribution in [1.29, 1.82) is 0 Å². The molecule has 4 aliphatic rings. The predicted octanol–water partition coefficient (Wildman–Crippen LogP) is 3.33. The van der Waals surface area contributed by atoms with Crippen LogP contribution in [0, 0.1) is 23.2 Å². The van der Waals surface area contributed by atoms with Gasteiger partial charge in [-0.25, -0.2) is 8.93 Å². The van der Waals surface area contributed by atoms with Crippen molar-refractivity contribution in [2.75, 3.05) is 0 Å². The zero-order valence-corrected chi connectivity index (χ0v) is 17.3. The number of hydrogen-bond acceptors (Lipinski definition) is 3. The fourth-order valence-electron chi connectivity index (χ4n) is 4.86. The molecule has 1 saturated heterocycles. The van der Waals surface area contributed by atoms with Crippen molar-refractivity contribution < 1.29 is 13.5 Å². The molecule has 6 heteroatoms. The van der Waals surface area contributed by atoms with Crippen molar-refractivity contribution in [2.24, 2.45) is 23.2 Å². The van der Waals surface area contributed by atoms with Gasteiger partial charge in [0.1, 0.15) is 0 Å². The molecule has 0 aromatic heterocycles. The van der Waals surface area contributed by atoms with E-state index in [2.05, 4.69) is 39.3 Å². The summed E-state index contributed by atoms with van der Waals surface area (Å²) in [4.78, 5) is 0. The zero-order chi connectivity index (χ0) is 18.1. The van der Waals surface area contributed by atoms with Crippen molar-refractivity contribution in [3.8, 4) is 0 Å². The van der Waals surface area contributed by atoms with Crippen LogP contribution in [0.3, 0.4) is 0 Å². The second-order valence-electron chi connectivity index (χ2n) is 10.1. The highest BCUT2D eigenvalue weighted by atomic mass is 32.2. The third kappa shape index (κ3) is 2.82. The Kier molecular flexibility index (Phi) is 4.56. The Balaban J connectivity index is 1.77. The van der Waals surface area contributed by atoms with Gasteiger partial charge in [0.05, 0.1) is 33.4 Å². The molecule has 4 rings (SSSR count). The average Bonchev–Trinajstić information content (AvgIpc) is 2.78. The van der Waals surface area contributed by atoms with Gasteiger partial charge in [-0.05, 0) is 63.7 Å². The molecule has 1 heterocycles. The molecule has 3 aliphatic carbocycles. The van der Waals surface area contributed by atoms with E-state index in [1.807, 2.05) is 20.8 Å². The molecule has 0 unspecified atom stereocenters. The SMILES string of the molecule is CC(C)[C@@H](N[S@@](=O)C(C)(C)C)B1O[C@@H]2C[C@@H]3C[C@@H](C3(C)C)[C@]2(C)O1. The minimum absolute atomic E-state index is 0.0622. The summed E-state index contributed by atoms with van der Waals surface area (Å²) in [5, 5.41) is 0. The number of nitrogens with one attached hydrogen (secondary N) is 1. The van der Waals surface area contributed by atoms with E-state index in [0.717, 1.165) is 12.3 Å². The van der Waals surface area contributed by atoms with Crippen LogP contribution in [0.1, 0.15) is 68.2 Å². The lowest BCUT2D eigenvalue weighted by molar-refractivity contribution is -0.199. The maximum absolute atomic E-state index is 12.6. The lowest BCUT2D eigenvalue weighted by atomic mass is 9.43. The van der Waals surface area contributed by atoms with Gasteiger partial charge in [0.15, 0.2) is 0 Å². The van der Waals surface area contributed by atoms with Crippen LogP contribution in [-0.4, -0.2) is 33.7 Å². The minimum atomic E-state index is -1.13. The van der Waals surface area contributed by atoms with E-state index in [9.17, 15) is 4.21 Å². The summed E-state index contributed by atoms with van der Waals surface area (Å²) >= 11 is 0. The Bertz CT molecular complexity index is 533. The average molecular weight is 355 g/mol. The van der Waals surface area contributed by atoms with Crippen molar-refractivity contribution >= 4 is 18.1 Å². The van der Waals surface area contributed by atoms with Gasteiger partial charge in [-0.15, -0.1) is 0 Å². The summed E-state index contributed by atoms with van der Waals surface area (Å²) < 4.78 is 28.5. The van der Waals surface area contributed by atoms with Crippen LogP contribution >= 0.6 is 0 Å². The van der Waals surface area contributed by atoms with Crippen LogP contribution in [-0.2, 0) is 20.3 Å². The monoisotopic (exact) mass is 355 g/mol. The van der Waals surface area contributed by atoms with Crippen LogP contribution in [0.2, 0.25) is 0 Å². The molecule has 0 spiro atoms. The molecule has 0 aromatic rings. The molecule has 0 aromatic carbocycles. The Hall–Kier alpha value is 0.0949. The van der Waals surface area contributed by atoms with E-state index < -0.39 is 11.0 Å². The fourth-order valence-corrected chi connectivity index (χ4v) is 5.84. The molecule has 0 radical (unpaired) electrons. The van der Waals surface area contributed by atoms with E-state index in [1.165, 1.54) is 6.42 Å². The van der Waals surface area contributed by atoms with Crippen LogP contribution in [0.5, 0.6) is 0 Å². The zero-order valence-electron chi connectivity index (χ0n) is 16.5. The third-order valence-corrected chi connectivity index (χ3v) is 8.38. The molecule has 138 valence electrons. The third-order valence-electron chi connectivity index (χ3n) is 6.78. The van der Waals surface area contributed by atoms with E-state index in [4.69, 9.17) is 9.31 Å². The Morgan fingerprint density at radius 3 is 2.33 bits per heavy atom. The van der Waals surface area contributed by atoms with Gasteiger partial charge in [0, 0.05) is 0 Å². The number of rotatable bonds is 4. The first kappa shape index (κ1) is 18.9. The highest BCUT2D eigenvalue weighted by Gasteiger charge is 2.68. The minimum Gasteiger partial charge on any atom is -0.404 e. The largest absolute Gasteiger partial charge is 0.477 e. The van der Waals surface area contributed by atoms with Crippen molar-refractivity contribution in [3.05, 3.63) is 0 Å². The van der Waals surface area contributed by atoms with Gasteiger partial charge >= 0.3 is 7.12 Å². The molecule has 0 amide bonds. The Labute approximate surface area is 150 Å². The Morgan fingerprint density at radius 2 is 1.83 bits per heavy atom. The van der Waals surface area contributed by atoms with E-state index >= 15 is 0 Å². The molecule has 6 atom stereocenters. The quantitative estimate of drug-likeness (QED) is 0.787. The highest BCUT2D eigenvalue weighted by Crippen LogP contribution is 2.65. The van der Waals surface area contributed by atoms with E-state index in [1.54, 1.807) is 0 Å². The van der Waals surface area contributed by atoms with Gasteiger partial charge in [0.25, 0.3) is 0 Å². The van der Waals surface area contributed by atoms with Gasteiger partial charge in [0.2, 0.25) is 0 Å². The Morgan fingerprint density at radius 1 is 1.21 bits per heavy atom. The van der Waals surface area contributed by atoms with Crippen molar-refractivity contribution in [1.82, 2.24) is 4.72 Å². The maximum Gasteiger partial charge on any atom is 0.477 e. The van der Waals surface area contributed by atoms with Gasteiger partial charge < -0.3 is 9.31 Å². The molecule has 1 aliphatic heterocycles. The van der Waals surface area contributed by atoms with E-state index in [-0.39, 0.29) is 35.4 Å². The molecule has 3 saturated carbocycles. The second kappa shape index (κ2) is 5.80. The van der Waals surface area contributed by atoms with Gasteiger partial charge in [-0.1, -0.05) is 27.7 Å². The van der Waals surface area contributed by atoms with Crippen LogP contribution in [0.4, 0.5) is 0 Å². The summed E-state index contributed by atoms with van der Waals surface area (Å²) in [5.74, 6) is 1.53.